The van der Waals surface area contributed by atoms with Gasteiger partial charge in [-0.2, -0.15) is 0 Å². The molecule has 0 saturated heterocycles. The third kappa shape index (κ3) is 3.94. The van der Waals surface area contributed by atoms with Gasteiger partial charge >= 0.3 is 5.97 Å². The molecule has 74 valence electrons. The van der Waals surface area contributed by atoms with Gasteiger partial charge in [-0.25, -0.2) is 0 Å². The Balaban J connectivity index is 2.27. The molecule has 1 aliphatic carbocycles. The largest absolute Gasteiger partial charge is 0.466 e. The van der Waals surface area contributed by atoms with Crippen LogP contribution in [-0.4, -0.2) is 12.6 Å². The van der Waals surface area contributed by atoms with Crippen molar-refractivity contribution in [1.29, 1.82) is 0 Å². The fraction of sp³-hybridized carbons (Fsp3) is 0.700. The smallest absolute Gasteiger partial charge is 0.306 e. The van der Waals surface area contributed by atoms with Gasteiger partial charge in [0.15, 0.2) is 0 Å². The van der Waals surface area contributed by atoms with Gasteiger partial charge in [-0.15, -0.1) is 0 Å². The lowest BCUT2D eigenvalue weighted by Gasteiger charge is -2.18. The van der Waals surface area contributed by atoms with Gasteiger partial charge < -0.3 is 4.74 Å². The van der Waals surface area contributed by atoms with Crippen molar-refractivity contribution < 1.29 is 9.53 Å². The van der Waals surface area contributed by atoms with E-state index >= 15 is 0 Å². The number of hydrogen-bond acceptors (Lipinski definition) is 2. The number of esters is 1. The summed E-state index contributed by atoms with van der Waals surface area (Å²) in [6.45, 7) is 2.33. The standard InChI is InChI=1S/C10H15BrO2/c1-2-13-10(12)7-8-3-5-9(11)6-4-8/h5,8H,2-4,6-7H2,1H3. The molecule has 1 aliphatic rings. The first kappa shape index (κ1) is 10.8. The average Bonchev–Trinajstić information content (AvgIpc) is 2.09. The summed E-state index contributed by atoms with van der Waals surface area (Å²) in [6.07, 6.45) is 5.89. The van der Waals surface area contributed by atoms with Crippen molar-refractivity contribution in [2.24, 2.45) is 5.92 Å². The second-order valence-corrected chi connectivity index (χ2v) is 4.32. The van der Waals surface area contributed by atoms with E-state index in [1.165, 1.54) is 4.48 Å². The predicted octanol–water partition coefficient (Wildman–Crippen LogP) is 3.02. The third-order valence-corrected chi connectivity index (χ3v) is 2.94. The molecule has 1 unspecified atom stereocenters. The van der Waals surface area contributed by atoms with Gasteiger partial charge in [-0.1, -0.05) is 22.0 Å². The summed E-state index contributed by atoms with van der Waals surface area (Å²) in [7, 11) is 0. The quantitative estimate of drug-likeness (QED) is 0.716. The third-order valence-electron chi connectivity index (χ3n) is 2.22. The molecule has 0 heterocycles. The van der Waals surface area contributed by atoms with Crippen LogP contribution in [0.25, 0.3) is 0 Å². The van der Waals surface area contributed by atoms with Crippen LogP contribution in [0, 0.1) is 5.92 Å². The summed E-state index contributed by atoms with van der Waals surface area (Å²) in [5.41, 5.74) is 0. The number of rotatable bonds is 3. The number of allylic oxidation sites excluding steroid dienone is 2. The lowest BCUT2D eigenvalue weighted by atomic mass is 9.92. The van der Waals surface area contributed by atoms with Crippen molar-refractivity contribution in [3.05, 3.63) is 10.6 Å². The van der Waals surface area contributed by atoms with Crippen molar-refractivity contribution >= 4 is 21.9 Å². The molecular weight excluding hydrogens is 232 g/mol. The highest BCUT2D eigenvalue weighted by Gasteiger charge is 2.17. The van der Waals surface area contributed by atoms with Crippen LogP contribution in [0.1, 0.15) is 32.6 Å². The minimum Gasteiger partial charge on any atom is -0.466 e. The summed E-state index contributed by atoms with van der Waals surface area (Å²) >= 11 is 3.46. The summed E-state index contributed by atoms with van der Waals surface area (Å²) < 4.78 is 6.17. The monoisotopic (exact) mass is 246 g/mol. The molecule has 0 fully saturated rings. The van der Waals surface area contributed by atoms with Gasteiger partial charge in [0, 0.05) is 6.42 Å². The molecular formula is C10H15BrO2. The summed E-state index contributed by atoms with van der Waals surface area (Å²) in [5.74, 6) is 0.430. The van der Waals surface area contributed by atoms with E-state index in [4.69, 9.17) is 4.74 Å². The van der Waals surface area contributed by atoms with E-state index in [0.717, 1.165) is 19.3 Å². The molecule has 1 rings (SSSR count). The molecule has 0 aromatic rings. The van der Waals surface area contributed by atoms with E-state index in [-0.39, 0.29) is 5.97 Å². The number of carbonyl (C=O) groups is 1. The normalized spacial score (nSPS) is 22.3. The number of hydrogen-bond donors (Lipinski definition) is 0. The zero-order chi connectivity index (χ0) is 9.68. The van der Waals surface area contributed by atoms with Crippen LogP contribution in [0.15, 0.2) is 10.6 Å². The van der Waals surface area contributed by atoms with Gasteiger partial charge in [0.2, 0.25) is 0 Å². The van der Waals surface area contributed by atoms with Gasteiger partial charge in [-0.05, 0) is 36.6 Å². The Hall–Kier alpha value is -0.310. The van der Waals surface area contributed by atoms with Crippen molar-refractivity contribution in [2.75, 3.05) is 6.61 Å². The highest BCUT2D eigenvalue weighted by molar-refractivity contribution is 9.11. The van der Waals surface area contributed by atoms with E-state index in [1.54, 1.807) is 0 Å². The Morgan fingerprint density at radius 3 is 3.08 bits per heavy atom. The lowest BCUT2D eigenvalue weighted by molar-refractivity contribution is -0.144. The zero-order valence-corrected chi connectivity index (χ0v) is 9.47. The molecule has 0 amide bonds. The highest BCUT2D eigenvalue weighted by atomic mass is 79.9. The van der Waals surface area contributed by atoms with Gasteiger partial charge in [-0.3, -0.25) is 4.79 Å². The number of ether oxygens (including phenoxy) is 1. The van der Waals surface area contributed by atoms with Gasteiger partial charge in [0.1, 0.15) is 0 Å². The van der Waals surface area contributed by atoms with Crippen LogP contribution in [0.5, 0.6) is 0 Å². The highest BCUT2D eigenvalue weighted by Crippen LogP contribution is 2.28. The zero-order valence-electron chi connectivity index (χ0n) is 7.88. The molecule has 0 bridgehead atoms. The van der Waals surface area contributed by atoms with Crippen LogP contribution < -0.4 is 0 Å². The minimum absolute atomic E-state index is 0.0566. The molecule has 0 aromatic carbocycles. The number of halogens is 1. The fourth-order valence-corrected chi connectivity index (χ4v) is 1.91. The SMILES string of the molecule is CCOC(=O)CC1CC=C(Br)CC1. The molecule has 0 aliphatic heterocycles. The Morgan fingerprint density at radius 1 is 1.77 bits per heavy atom. The van der Waals surface area contributed by atoms with E-state index in [1.807, 2.05) is 6.92 Å². The second-order valence-electron chi connectivity index (χ2n) is 3.30. The van der Waals surface area contributed by atoms with Gasteiger partial charge in [0.25, 0.3) is 0 Å². The van der Waals surface area contributed by atoms with Crippen molar-refractivity contribution in [2.45, 2.75) is 32.6 Å². The predicted molar refractivity (Wildman–Crippen MR) is 55.6 cm³/mol. The molecule has 0 N–H and O–H groups in total. The summed E-state index contributed by atoms with van der Waals surface area (Å²) in [5, 5.41) is 0. The first-order valence-electron chi connectivity index (χ1n) is 4.72. The Labute approximate surface area is 87.5 Å². The van der Waals surface area contributed by atoms with Crippen molar-refractivity contribution in [3.63, 3.8) is 0 Å². The van der Waals surface area contributed by atoms with Crippen LogP contribution in [0.2, 0.25) is 0 Å². The first-order valence-corrected chi connectivity index (χ1v) is 5.51. The molecule has 0 aromatic heterocycles. The van der Waals surface area contributed by atoms with Crippen LogP contribution in [0.4, 0.5) is 0 Å². The first-order chi connectivity index (χ1) is 6.22. The number of carbonyl (C=O) groups excluding carboxylic acids is 1. The molecule has 0 saturated carbocycles. The second kappa shape index (κ2) is 5.43. The summed E-state index contributed by atoms with van der Waals surface area (Å²) in [4.78, 5) is 11.1. The van der Waals surface area contributed by atoms with Crippen molar-refractivity contribution in [1.82, 2.24) is 0 Å². The van der Waals surface area contributed by atoms with Crippen LogP contribution >= 0.6 is 15.9 Å². The Morgan fingerprint density at radius 2 is 2.54 bits per heavy atom. The maximum Gasteiger partial charge on any atom is 0.306 e. The topological polar surface area (TPSA) is 26.3 Å². The van der Waals surface area contributed by atoms with E-state index in [2.05, 4.69) is 22.0 Å². The van der Waals surface area contributed by atoms with Crippen LogP contribution in [0.3, 0.4) is 0 Å². The Kier molecular flexibility index (Phi) is 4.50. The van der Waals surface area contributed by atoms with E-state index in [0.29, 0.717) is 18.9 Å². The van der Waals surface area contributed by atoms with Crippen molar-refractivity contribution in [3.8, 4) is 0 Å². The molecule has 2 nitrogen and oxygen atoms in total. The average molecular weight is 247 g/mol. The molecule has 13 heavy (non-hydrogen) atoms. The van der Waals surface area contributed by atoms with E-state index in [9.17, 15) is 4.79 Å². The minimum atomic E-state index is -0.0566. The maximum absolute atomic E-state index is 11.1. The lowest BCUT2D eigenvalue weighted by Crippen LogP contribution is -2.13. The maximum atomic E-state index is 11.1. The molecule has 3 heteroatoms. The summed E-state index contributed by atoms with van der Waals surface area (Å²) in [6, 6.07) is 0. The van der Waals surface area contributed by atoms with E-state index < -0.39 is 0 Å². The Bertz CT molecular complexity index is 211. The molecule has 1 atom stereocenters. The van der Waals surface area contributed by atoms with Gasteiger partial charge in [0.05, 0.1) is 6.61 Å². The fourth-order valence-electron chi connectivity index (χ4n) is 1.50. The molecule has 0 spiro atoms. The van der Waals surface area contributed by atoms with Crippen LogP contribution in [-0.2, 0) is 9.53 Å². The molecule has 0 radical (unpaired) electrons.